The van der Waals surface area contributed by atoms with Gasteiger partial charge in [0.15, 0.2) is 0 Å². The van der Waals surface area contributed by atoms with Crippen molar-refractivity contribution in [3.63, 3.8) is 0 Å². The zero-order valence-electron chi connectivity index (χ0n) is 12.7. The van der Waals surface area contributed by atoms with E-state index in [1.54, 1.807) is 19.1 Å². The smallest absolute Gasteiger partial charge is 0.243 e. The van der Waals surface area contributed by atoms with Crippen molar-refractivity contribution < 1.29 is 13.5 Å². The molecule has 1 saturated heterocycles. The molecule has 1 aromatic rings. The second-order valence-corrected chi connectivity index (χ2v) is 7.77. The lowest BCUT2D eigenvalue weighted by atomic mass is 9.97. The molecule has 1 aliphatic rings. The molecular weight excluding hydrogens is 288 g/mol. The third-order valence-electron chi connectivity index (χ3n) is 4.18. The van der Waals surface area contributed by atoms with Crippen LogP contribution in [0.3, 0.4) is 0 Å². The van der Waals surface area contributed by atoms with Crippen LogP contribution in [-0.2, 0) is 10.0 Å². The molecule has 1 aromatic carbocycles. The Hall–Kier alpha value is -1.11. The standard InChI is InChI=1S/C15H24N2O3S/c1-11-8-14(16)12(2)15(9-11)21(19,20)17-6-3-4-13(10-17)5-7-18/h8-9,13,18H,3-7,10,16H2,1-2H3. The zero-order valence-corrected chi connectivity index (χ0v) is 13.5. The van der Waals surface area contributed by atoms with Gasteiger partial charge >= 0.3 is 0 Å². The Kier molecular flexibility index (Phi) is 4.91. The molecule has 1 heterocycles. The summed E-state index contributed by atoms with van der Waals surface area (Å²) in [6.45, 7) is 4.72. The van der Waals surface area contributed by atoms with Gasteiger partial charge in [-0.25, -0.2) is 8.42 Å². The topological polar surface area (TPSA) is 83.6 Å². The van der Waals surface area contributed by atoms with E-state index in [-0.39, 0.29) is 12.5 Å². The number of nitrogen functional groups attached to an aromatic ring is 1. The van der Waals surface area contributed by atoms with Gasteiger partial charge in [0.05, 0.1) is 4.90 Å². The molecule has 6 heteroatoms. The van der Waals surface area contributed by atoms with Crippen LogP contribution in [0.5, 0.6) is 0 Å². The summed E-state index contributed by atoms with van der Waals surface area (Å²) in [6, 6.07) is 3.48. The lowest BCUT2D eigenvalue weighted by molar-refractivity contribution is 0.203. The van der Waals surface area contributed by atoms with E-state index in [0.29, 0.717) is 35.7 Å². The largest absolute Gasteiger partial charge is 0.398 e. The van der Waals surface area contributed by atoms with E-state index in [1.165, 1.54) is 4.31 Å². The van der Waals surface area contributed by atoms with E-state index in [1.807, 2.05) is 6.92 Å². The normalized spacial score (nSPS) is 20.6. The summed E-state index contributed by atoms with van der Waals surface area (Å²) >= 11 is 0. The molecule has 0 spiro atoms. The average Bonchev–Trinajstić information content (AvgIpc) is 2.43. The summed E-state index contributed by atoms with van der Waals surface area (Å²) in [5.41, 5.74) is 7.88. The van der Waals surface area contributed by atoms with Crippen molar-refractivity contribution in [1.82, 2.24) is 4.31 Å². The molecule has 118 valence electrons. The van der Waals surface area contributed by atoms with Crippen molar-refractivity contribution in [1.29, 1.82) is 0 Å². The maximum atomic E-state index is 12.9. The monoisotopic (exact) mass is 312 g/mol. The first-order chi connectivity index (χ1) is 9.86. The number of nitrogens with zero attached hydrogens (tertiary/aromatic N) is 1. The van der Waals surface area contributed by atoms with Crippen LogP contribution in [0, 0.1) is 19.8 Å². The predicted molar refractivity (Wildman–Crippen MR) is 83.5 cm³/mol. The van der Waals surface area contributed by atoms with Crippen LogP contribution in [0.2, 0.25) is 0 Å². The Bertz CT molecular complexity index is 612. The lowest BCUT2D eigenvalue weighted by Crippen LogP contribution is -2.40. The minimum absolute atomic E-state index is 0.106. The maximum absolute atomic E-state index is 12.9. The van der Waals surface area contributed by atoms with Gasteiger partial charge in [0.1, 0.15) is 0 Å². The van der Waals surface area contributed by atoms with Gasteiger partial charge in [-0.1, -0.05) is 0 Å². The molecule has 1 atom stereocenters. The number of aryl methyl sites for hydroxylation is 1. The van der Waals surface area contributed by atoms with Crippen molar-refractivity contribution in [2.24, 2.45) is 5.92 Å². The number of aliphatic hydroxyl groups is 1. The van der Waals surface area contributed by atoms with E-state index in [2.05, 4.69) is 0 Å². The highest BCUT2D eigenvalue weighted by molar-refractivity contribution is 7.89. The van der Waals surface area contributed by atoms with Crippen LogP contribution < -0.4 is 5.73 Å². The fourth-order valence-electron chi connectivity index (χ4n) is 2.92. The first-order valence-electron chi connectivity index (χ1n) is 7.34. The second-order valence-electron chi connectivity index (χ2n) is 5.86. The Morgan fingerprint density at radius 1 is 1.38 bits per heavy atom. The van der Waals surface area contributed by atoms with Crippen LogP contribution >= 0.6 is 0 Å². The average molecular weight is 312 g/mol. The number of aliphatic hydroxyl groups excluding tert-OH is 1. The van der Waals surface area contributed by atoms with Crippen LogP contribution in [-0.4, -0.2) is 37.5 Å². The molecule has 0 radical (unpaired) electrons. The molecule has 1 fully saturated rings. The second kappa shape index (κ2) is 6.34. The highest BCUT2D eigenvalue weighted by Crippen LogP contribution is 2.29. The van der Waals surface area contributed by atoms with Crippen molar-refractivity contribution in [3.8, 4) is 0 Å². The minimum Gasteiger partial charge on any atom is -0.398 e. The van der Waals surface area contributed by atoms with E-state index in [4.69, 9.17) is 10.8 Å². The number of benzene rings is 1. The Balaban J connectivity index is 2.34. The Morgan fingerprint density at radius 3 is 2.76 bits per heavy atom. The van der Waals surface area contributed by atoms with Gasteiger partial charge in [-0.2, -0.15) is 4.31 Å². The molecule has 21 heavy (non-hydrogen) atoms. The van der Waals surface area contributed by atoms with Crippen molar-refractivity contribution in [2.45, 2.75) is 38.0 Å². The third kappa shape index (κ3) is 3.39. The molecule has 3 N–H and O–H groups in total. The van der Waals surface area contributed by atoms with Gasteiger partial charge in [-0.05, 0) is 62.3 Å². The molecule has 1 unspecified atom stereocenters. The highest BCUT2D eigenvalue weighted by Gasteiger charge is 2.31. The number of anilines is 1. The molecular formula is C15H24N2O3S. The van der Waals surface area contributed by atoms with E-state index >= 15 is 0 Å². The van der Waals surface area contributed by atoms with Crippen molar-refractivity contribution in [3.05, 3.63) is 23.3 Å². The van der Waals surface area contributed by atoms with Crippen LogP contribution in [0.15, 0.2) is 17.0 Å². The first kappa shape index (κ1) is 16.3. The number of sulfonamides is 1. The number of rotatable bonds is 4. The summed E-state index contributed by atoms with van der Waals surface area (Å²) in [7, 11) is -3.52. The van der Waals surface area contributed by atoms with E-state index in [9.17, 15) is 8.42 Å². The van der Waals surface area contributed by atoms with Crippen LogP contribution in [0.1, 0.15) is 30.4 Å². The van der Waals surface area contributed by atoms with Gasteiger partial charge in [0, 0.05) is 25.4 Å². The fraction of sp³-hybridized carbons (Fsp3) is 0.600. The summed E-state index contributed by atoms with van der Waals surface area (Å²) in [6.07, 6.45) is 2.46. The summed E-state index contributed by atoms with van der Waals surface area (Å²) < 4.78 is 27.3. The Labute approximate surface area is 126 Å². The minimum atomic E-state index is -3.52. The summed E-state index contributed by atoms with van der Waals surface area (Å²) in [5, 5.41) is 9.06. The lowest BCUT2D eigenvalue weighted by Gasteiger charge is -2.32. The molecule has 1 aliphatic heterocycles. The predicted octanol–water partition coefficient (Wildman–Crippen LogP) is 1.67. The van der Waals surface area contributed by atoms with Gasteiger partial charge < -0.3 is 10.8 Å². The van der Waals surface area contributed by atoms with Crippen molar-refractivity contribution in [2.75, 3.05) is 25.4 Å². The maximum Gasteiger partial charge on any atom is 0.243 e. The first-order valence-corrected chi connectivity index (χ1v) is 8.78. The van der Waals surface area contributed by atoms with Gasteiger partial charge in [0.25, 0.3) is 0 Å². The van der Waals surface area contributed by atoms with Gasteiger partial charge in [-0.3, -0.25) is 0 Å². The molecule has 0 amide bonds. The van der Waals surface area contributed by atoms with Gasteiger partial charge in [0.2, 0.25) is 10.0 Å². The third-order valence-corrected chi connectivity index (χ3v) is 6.17. The molecule has 0 bridgehead atoms. The van der Waals surface area contributed by atoms with Crippen LogP contribution in [0.4, 0.5) is 5.69 Å². The quantitative estimate of drug-likeness (QED) is 0.828. The van der Waals surface area contributed by atoms with E-state index < -0.39 is 10.0 Å². The fourth-order valence-corrected chi connectivity index (χ4v) is 4.82. The number of hydrogen-bond donors (Lipinski definition) is 2. The SMILES string of the molecule is Cc1cc(N)c(C)c(S(=O)(=O)N2CCCC(CCO)C2)c1. The molecule has 0 aliphatic carbocycles. The molecule has 5 nitrogen and oxygen atoms in total. The highest BCUT2D eigenvalue weighted by atomic mass is 32.2. The molecule has 0 aromatic heterocycles. The van der Waals surface area contributed by atoms with Crippen molar-refractivity contribution >= 4 is 15.7 Å². The number of nitrogens with two attached hydrogens (primary N) is 1. The van der Waals surface area contributed by atoms with Gasteiger partial charge in [-0.15, -0.1) is 0 Å². The summed E-state index contributed by atoms with van der Waals surface area (Å²) in [5.74, 6) is 0.237. The summed E-state index contributed by atoms with van der Waals surface area (Å²) in [4.78, 5) is 0.310. The van der Waals surface area contributed by atoms with E-state index in [0.717, 1.165) is 18.4 Å². The van der Waals surface area contributed by atoms with Crippen LogP contribution in [0.25, 0.3) is 0 Å². The number of hydrogen-bond acceptors (Lipinski definition) is 4. The molecule has 2 rings (SSSR count). The molecule has 0 saturated carbocycles. The number of piperidine rings is 1. The zero-order chi connectivity index (χ0) is 15.6. The Morgan fingerprint density at radius 2 is 2.10 bits per heavy atom.